The van der Waals surface area contributed by atoms with Crippen molar-refractivity contribution in [3.8, 4) is 0 Å². The minimum atomic E-state index is -0.254. The van der Waals surface area contributed by atoms with Crippen LogP contribution in [0.15, 0.2) is 23.3 Å². The van der Waals surface area contributed by atoms with E-state index < -0.39 is 0 Å². The molecule has 76 valence electrons. The average molecular weight is 194 g/mol. The maximum Gasteiger partial charge on any atom is 0.333 e. The number of hydrogen-bond acceptors (Lipinski definition) is 3. The highest BCUT2D eigenvalue weighted by Crippen LogP contribution is 2.21. The number of hydrogen-bond donors (Lipinski definition) is 0. The van der Waals surface area contributed by atoms with Crippen molar-refractivity contribution in [2.24, 2.45) is 0 Å². The van der Waals surface area contributed by atoms with Crippen LogP contribution in [-0.2, 0) is 14.3 Å². The quantitative estimate of drug-likeness (QED) is 0.506. The number of allylic oxidation sites excluding steroid dienone is 3. The number of rotatable bonds is 4. The average Bonchev–Trinajstić information content (AvgIpc) is 2.26. The van der Waals surface area contributed by atoms with Gasteiger partial charge in [0.1, 0.15) is 6.29 Å². The van der Waals surface area contributed by atoms with E-state index in [-0.39, 0.29) is 5.97 Å². The number of carbonyl (C=O) groups is 2. The molecule has 0 bridgehead atoms. The highest BCUT2D eigenvalue weighted by molar-refractivity contribution is 5.89. The monoisotopic (exact) mass is 194 g/mol. The van der Waals surface area contributed by atoms with E-state index >= 15 is 0 Å². The molecule has 0 aliphatic heterocycles. The van der Waals surface area contributed by atoms with Gasteiger partial charge in [-0.15, -0.1) is 0 Å². The van der Waals surface area contributed by atoms with Gasteiger partial charge in [0.2, 0.25) is 0 Å². The molecule has 0 N–H and O–H groups in total. The fraction of sp³-hybridized carbons (Fsp3) is 0.455. The van der Waals surface area contributed by atoms with Gasteiger partial charge in [0.05, 0.1) is 7.11 Å². The molecule has 0 heterocycles. The zero-order valence-electron chi connectivity index (χ0n) is 8.29. The lowest BCUT2D eigenvalue weighted by Gasteiger charge is -2.11. The summed E-state index contributed by atoms with van der Waals surface area (Å²) in [7, 11) is 1.38. The van der Waals surface area contributed by atoms with Gasteiger partial charge in [-0.1, -0.05) is 17.7 Å². The Morgan fingerprint density at radius 3 is 2.79 bits per heavy atom. The minimum absolute atomic E-state index is 0.254. The molecule has 0 amide bonds. The summed E-state index contributed by atoms with van der Waals surface area (Å²) in [6.07, 6.45) is 7.56. The number of ether oxygens (including phenoxy) is 1. The second kappa shape index (κ2) is 5.37. The number of carbonyl (C=O) groups excluding carboxylic acids is 2. The first kappa shape index (κ1) is 10.7. The second-order valence-electron chi connectivity index (χ2n) is 3.21. The van der Waals surface area contributed by atoms with Gasteiger partial charge in [-0.2, -0.15) is 0 Å². The van der Waals surface area contributed by atoms with Crippen LogP contribution in [0.5, 0.6) is 0 Å². The molecule has 3 nitrogen and oxygen atoms in total. The van der Waals surface area contributed by atoms with Crippen molar-refractivity contribution in [3.05, 3.63) is 23.3 Å². The van der Waals surface area contributed by atoms with Crippen LogP contribution in [0.2, 0.25) is 0 Å². The first-order valence-corrected chi connectivity index (χ1v) is 4.68. The SMILES string of the molecule is COC(=O)C1=CC=C(CCC=O)CC1. The molecule has 0 aromatic heterocycles. The second-order valence-corrected chi connectivity index (χ2v) is 3.21. The molecule has 0 radical (unpaired) electrons. The summed E-state index contributed by atoms with van der Waals surface area (Å²) in [6, 6.07) is 0. The Labute approximate surface area is 83.4 Å². The van der Waals surface area contributed by atoms with Gasteiger partial charge in [0, 0.05) is 12.0 Å². The summed E-state index contributed by atoms with van der Waals surface area (Å²) in [5.41, 5.74) is 1.94. The van der Waals surface area contributed by atoms with Crippen LogP contribution in [0.25, 0.3) is 0 Å². The summed E-state index contributed by atoms with van der Waals surface area (Å²) in [5.74, 6) is -0.254. The Bertz CT molecular complexity index is 287. The fourth-order valence-electron chi connectivity index (χ4n) is 1.43. The molecule has 14 heavy (non-hydrogen) atoms. The van der Waals surface area contributed by atoms with E-state index in [2.05, 4.69) is 4.74 Å². The van der Waals surface area contributed by atoms with Crippen molar-refractivity contribution in [3.63, 3.8) is 0 Å². The van der Waals surface area contributed by atoms with E-state index in [1.807, 2.05) is 6.08 Å². The van der Waals surface area contributed by atoms with Gasteiger partial charge in [0.15, 0.2) is 0 Å². The molecule has 0 aromatic rings. The molecule has 3 heteroatoms. The predicted octanol–water partition coefficient (Wildman–Crippen LogP) is 1.79. The van der Waals surface area contributed by atoms with Crippen LogP contribution in [0, 0.1) is 0 Å². The van der Waals surface area contributed by atoms with Gasteiger partial charge in [-0.25, -0.2) is 4.79 Å². The lowest BCUT2D eigenvalue weighted by Crippen LogP contribution is -2.07. The van der Waals surface area contributed by atoms with Gasteiger partial charge in [0.25, 0.3) is 0 Å². The topological polar surface area (TPSA) is 43.4 Å². The van der Waals surface area contributed by atoms with Crippen molar-refractivity contribution < 1.29 is 14.3 Å². The summed E-state index contributed by atoms with van der Waals surface area (Å²) < 4.78 is 4.61. The molecule has 0 aromatic carbocycles. The lowest BCUT2D eigenvalue weighted by molar-refractivity contribution is -0.136. The first-order valence-electron chi connectivity index (χ1n) is 4.68. The Morgan fingerprint density at radius 1 is 1.50 bits per heavy atom. The third-order valence-electron chi connectivity index (χ3n) is 2.27. The van der Waals surface area contributed by atoms with Crippen LogP contribution < -0.4 is 0 Å². The smallest absolute Gasteiger partial charge is 0.333 e. The lowest BCUT2D eigenvalue weighted by atomic mass is 9.95. The van der Waals surface area contributed by atoms with Crippen LogP contribution in [-0.4, -0.2) is 19.4 Å². The highest BCUT2D eigenvalue weighted by Gasteiger charge is 2.12. The Kier molecular flexibility index (Phi) is 4.11. The predicted molar refractivity (Wildman–Crippen MR) is 52.7 cm³/mol. The molecule has 0 spiro atoms. The third kappa shape index (κ3) is 2.83. The van der Waals surface area contributed by atoms with Crippen molar-refractivity contribution in [1.82, 2.24) is 0 Å². The van der Waals surface area contributed by atoms with Crippen molar-refractivity contribution >= 4 is 12.3 Å². The van der Waals surface area contributed by atoms with Crippen LogP contribution in [0.4, 0.5) is 0 Å². The van der Waals surface area contributed by atoms with Gasteiger partial charge in [-0.05, 0) is 19.3 Å². The Morgan fingerprint density at radius 2 is 2.29 bits per heavy atom. The molecular weight excluding hydrogens is 180 g/mol. The van der Waals surface area contributed by atoms with Crippen molar-refractivity contribution in [1.29, 1.82) is 0 Å². The molecule has 1 aliphatic rings. The van der Waals surface area contributed by atoms with Gasteiger partial charge < -0.3 is 9.53 Å². The van der Waals surface area contributed by atoms with E-state index in [0.29, 0.717) is 12.0 Å². The molecule has 1 rings (SSSR count). The summed E-state index contributed by atoms with van der Waals surface area (Å²) in [5, 5.41) is 0. The zero-order chi connectivity index (χ0) is 10.4. The van der Waals surface area contributed by atoms with E-state index in [9.17, 15) is 9.59 Å². The van der Waals surface area contributed by atoms with Gasteiger partial charge in [-0.3, -0.25) is 0 Å². The molecule has 0 atom stereocenters. The maximum atomic E-state index is 11.1. The van der Waals surface area contributed by atoms with E-state index in [4.69, 9.17) is 0 Å². The van der Waals surface area contributed by atoms with Crippen LogP contribution in [0.1, 0.15) is 25.7 Å². The van der Waals surface area contributed by atoms with Crippen LogP contribution >= 0.6 is 0 Å². The number of aldehydes is 1. The van der Waals surface area contributed by atoms with Crippen molar-refractivity contribution in [2.75, 3.05) is 7.11 Å². The molecule has 0 saturated heterocycles. The van der Waals surface area contributed by atoms with E-state index in [1.165, 1.54) is 12.7 Å². The van der Waals surface area contributed by atoms with E-state index in [0.717, 1.165) is 25.5 Å². The molecular formula is C11H14O3. The first-order chi connectivity index (χ1) is 6.77. The third-order valence-corrected chi connectivity index (χ3v) is 2.27. The van der Waals surface area contributed by atoms with Gasteiger partial charge >= 0.3 is 5.97 Å². The fourth-order valence-corrected chi connectivity index (χ4v) is 1.43. The zero-order valence-corrected chi connectivity index (χ0v) is 8.29. The number of esters is 1. The maximum absolute atomic E-state index is 11.1. The number of methoxy groups -OCH3 is 1. The Balaban J connectivity index is 2.54. The van der Waals surface area contributed by atoms with Crippen LogP contribution in [0.3, 0.4) is 0 Å². The summed E-state index contributed by atoms with van der Waals surface area (Å²) in [4.78, 5) is 21.3. The Hall–Kier alpha value is -1.38. The standard InChI is InChI=1S/C11H14O3/c1-14-11(13)10-6-4-9(5-7-10)3-2-8-12/h4,6,8H,2-3,5,7H2,1H3. The molecule has 0 fully saturated rings. The largest absolute Gasteiger partial charge is 0.466 e. The molecule has 0 saturated carbocycles. The molecule has 0 unspecified atom stereocenters. The summed E-state index contributed by atoms with van der Waals surface area (Å²) in [6.45, 7) is 0. The van der Waals surface area contributed by atoms with E-state index in [1.54, 1.807) is 6.08 Å². The minimum Gasteiger partial charge on any atom is -0.466 e. The summed E-state index contributed by atoms with van der Waals surface area (Å²) >= 11 is 0. The highest BCUT2D eigenvalue weighted by atomic mass is 16.5. The van der Waals surface area contributed by atoms with Crippen molar-refractivity contribution in [2.45, 2.75) is 25.7 Å². The molecule has 1 aliphatic carbocycles. The normalized spacial score (nSPS) is 15.5.